The first-order valence-corrected chi connectivity index (χ1v) is 4.65. The Balaban J connectivity index is 2.55. The van der Waals surface area contributed by atoms with Gasteiger partial charge in [0, 0.05) is 17.7 Å². The Labute approximate surface area is 83.4 Å². The van der Waals surface area contributed by atoms with Crippen molar-refractivity contribution in [3.63, 3.8) is 0 Å². The Kier molecular flexibility index (Phi) is 2.37. The normalized spacial score (nSPS) is 10.4. The molecule has 0 saturated heterocycles. The zero-order valence-corrected chi connectivity index (χ0v) is 8.16. The average Bonchev–Trinajstić information content (AvgIpc) is 2.61. The lowest BCUT2D eigenvalue weighted by atomic mass is 10.0. The quantitative estimate of drug-likeness (QED) is 0.785. The van der Waals surface area contributed by atoms with E-state index in [2.05, 4.69) is 12.1 Å². The molecule has 2 nitrogen and oxygen atoms in total. The molecule has 0 unspecified atom stereocenters. The Morgan fingerprint density at radius 1 is 1.21 bits per heavy atom. The molecule has 1 aromatic heterocycles. The zero-order chi connectivity index (χ0) is 9.97. The molecule has 2 rings (SSSR count). The first-order chi connectivity index (χ1) is 6.83. The molecule has 0 bridgehead atoms. The van der Waals surface area contributed by atoms with Gasteiger partial charge in [0.15, 0.2) is 0 Å². The van der Waals surface area contributed by atoms with Crippen LogP contribution in [0.25, 0.3) is 11.1 Å². The number of hydrogen-bond acceptors (Lipinski definition) is 2. The van der Waals surface area contributed by atoms with Gasteiger partial charge in [0.05, 0.1) is 6.26 Å². The van der Waals surface area contributed by atoms with Gasteiger partial charge in [0.25, 0.3) is 0 Å². The summed E-state index contributed by atoms with van der Waals surface area (Å²) in [6.45, 7) is 2.48. The van der Waals surface area contributed by atoms with Crippen LogP contribution in [-0.4, -0.2) is 0 Å². The Hall–Kier alpha value is -1.54. The fourth-order valence-electron chi connectivity index (χ4n) is 1.65. The van der Waals surface area contributed by atoms with E-state index in [1.807, 2.05) is 25.1 Å². The zero-order valence-electron chi connectivity index (χ0n) is 8.16. The first kappa shape index (κ1) is 9.03. The van der Waals surface area contributed by atoms with Crippen molar-refractivity contribution in [1.82, 2.24) is 0 Å². The van der Waals surface area contributed by atoms with E-state index in [-0.39, 0.29) is 0 Å². The summed E-state index contributed by atoms with van der Waals surface area (Å²) in [5.41, 5.74) is 9.00. The van der Waals surface area contributed by atoms with Crippen LogP contribution in [0, 0.1) is 6.92 Å². The molecule has 1 heterocycles. The van der Waals surface area contributed by atoms with Gasteiger partial charge in [-0.1, -0.05) is 30.3 Å². The number of hydrogen-bond donors (Lipinski definition) is 1. The molecule has 0 atom stereocenters. The molecule has 0 aliphatic rings. The second-order valence-corrected chi connectivity index (χ2v) is 3.26. The van der Waals surface area contributed by atoms with Crippen molar-refractivity contribution in [3.05, 3.63) is 47.9 Å². The summed E-state index contributed by atoms with van der Waals surface area (Å²) in [4.78, 5) is 0. The number of furan rings is 1. The van der Waals surface area contributed by atoms with Gasteiger partial charge in [-0.25, -0.2) is 0 Å². The van der Waals surface area contributed by atoms with Crippen LogP contribution in [-0.2, 0) is 6.54 Å². The summed E-state index contributed by atoms with van der Waals surface area (Å²) in [6, 6.07) is 10.2. The third-order valence-electron chi connectivity index (χ3n) is 2.33. The molecule has 0 amide bonds. The van der Waals surface area contributed by atoms with Gasteiger partial charge in [-0.3, -0.25) is 0 Å². The molecule has 2 N–H and O–H groups in total. The predicted molar refractivity (Wildman–Crippen MR) is 56.8 cm³/mol. The Morgan fingerprint density at radius 2 is 1.93 bits per heavy atom. The average molecular weight is 187 g/mol. The lowest BCUT2D eigenvalue weighted by molar-refractivity contribution is 0.532. The second-order valence-electron chi connectivity index (χ2n) is 3.26. The molecule has 0 fully saturated rings. The lowest BCUT2D eigenvalue weighted by Gasteiger charge is -2.01. The second kappa shape index (κ2) is 3.68. The summed E-state index contributed by atoms with van der Waals surface area (Å²) in [5.74, 6) is 0.927. The highest BCUT2D eigenvalue weighted by Crippen LogP contribution is 2.28. The van der Waals surface area contributed by atoms with Gasteiger partial charge >= 0.3 is 0 Å². The molecule has 2 heteroatoms. The number of rotatable bonds is 2. The minimum atomic E-state index is 0.515. The predicted octanol–water partition coefficient (Wildman–Crippen LogP) is 2.71. The minimum Gasteiger partial charge on any atom is -0.469 e. The van der Waals surface area contributed by atoms with Gasteiger partial charge < -0.3 is 10.2 Å². The van der Waals surface area contributed by atoms with Crippen molar-refractivity contribution >= 4 is 0 Å². The van der Waals surface area contributed by atoms with E-state index in [1.165, 1.54) is 5.56 Å². The van der Waals surface area contributed by atoms with E-state index in [9.17, 15) is 0 Å². The van der Waals surface area contributed by atoms with Crippen LogP contribution in [0.2, 0.25) is 0 Å². The summed E-state index contributed by atoms with van der Waals surface area (Å²) in [7, 11) is 0. The van der Waals surface area contributed by atoms with Crippen LogP contribution >= 0.6 is 0 Å². The Bertz CT molecular complexity index is 417. The molecule has 2 aromatic rings. The van der Waals surface area contributed by atoms with Crippen LogP contribution in [0.4, 0.5) is 0 Å². The van der Waals surface area contributed by atoms with Gasteiger partial charge in [-0.05, 0) is 12.5 Å². The van der Waals surface area contributed by atoms with E-state index in [4.69, 9.17) is 10.2 Å². The largest absolute Gasteiger partial charge is 0.469 e. The number of nitrogens with two attached hydrogens (primary N) is 1. The molecule has 1 aromatic carbocycles. The SMILES string of the molecule is Cc1occ(CN)c1-c1ccccc1. The third kappa shape index (κ3) is 1.44. The fraction of sp³-hybridized carbons (Fsp3) is 0.167. The number of aryl methyl sites for hydroxylation is 1. The van der Waals surface area contributed by atoms with E-state index < -0.39 is 0 Å². The summed E-state index contributed by atoms with van der Waals surface area (Å²) in [6.07, 6.45) is 1.73. The number of benzene rings is 1. The highest BCUT2D eigenvalue weighted by molar-refractivity contribution is 5.68. The van der Waals surface area contributed by atoms with Crippen LogP contribution in [0.1, 0.15) is 11.3 Å². The van der Waals surface area contributed by atoms with Gasteiger partial charge in [0.1, 0.15) is 5.76 Å². The molecule has 72 valence electrons. The maximum Gasteiger partial charge on any atom is 0.108 e. The molecule has 0 saturated carbocycles. The van der Waals surface area contributed by atoms with Crippen LogP contribution in [0.5, 0.6) is 0 Å². The molecule has 0 aliphatic carbocycles. The van der Waals surface area contributed by atoms with Crippen molar-refractivity contribution in [2.45, 2.75) is 13.5 Å². The van der Waals surface area contributed by atoms with Crippen molar-refractivity contribution in [2.24, 2.45) is 5.73 Å². The van der Waals surface area contributed by atoms with Crippen LogP contribution < -0.4 is 5.73 Å². The molecular weight excluding hydrogens is 174 g/mol. The molecule has 0 spiro atoms. The Morgan fingerprint density at radius 3 is 2.57 bits per heavy atom. The fourth-order valence-corrected chi connectivity index (χ4v) is 1.65. The van der Waals surface area contributed by atoms with Crippen molar-refractivity contribution in [3.8, 4) is 11.1 Å². The lowest BCUT2D eigenvalue weighted by Crippen LogP contribution is -1.96. The third-order valence-corrected chi connectivity index (χ3v) is 2.33. The summed E-state index contributed by atoms with van der Waals surface area (Å²) >= 11 is 0. The van der Waals surface area contributed by atoms with E-state index in [1.54, 1.807) is 6.26 Å². The van der Waals surface area contributed by atoms with Crippen molar-refractivity contribution in [1.29, 1.82) is 0 Å². The highest BCUT2D eigenvalue weighted by Gasteiger charge is 2.10. The van der Waals surface area contributed by atoms with Gasteiger partial charge in [-0.15, -0.1) is 0 Å². The van der Waals surface area contributed by atoms with Crippen LogP contribution in [0.15, 0.2) is 41.0 Å². The molecule has 0 aliphatic heterocycles. The topological polar surface area (TPSA) is 39.2 Å². The van der Waals surface area contributed by atoms with Gasteiger partial charge in [0.2, 0.25) is 0 Å². The molecule has 0 radical (unpaired) electrons. The smallest absolute Gasteiger partial charge is 0.108 e. The van der Waals surface area contributed by atoms with Crippen molar-refractivity contribution in [2.75, 3.05) is 0 Å². The van der Waals surface area contributed by atoms with E-state index in [0.29, 0.717) is 6.54 Å². The monoisotopic (exact) mass is 187 g/mol. The maximum atomic E-state index is 5.64. The summed E-state index contributed by atoms with van der Waals surface area (Å²) < 4.78 is 5.36. The molecular formula is C12H13NO. The van der Waals surface area contributed by atoms with E-state index >= 15 is 0 Å². The van der Waals surface area contributed by atoms with Crippen molar-refractivity contribution < 1.29 is 4.42 Å². The first-order valence-electron chi connectivity index (χ1n) is 4.65. The standard InChI is InChI=1S/C12H13NO/c1-9-12(11(7-13)8-14-9)10-5-3-2-4-6-10/h2-6,8H,7,13H2,1H3. The van der Waals surface area contributed by atoms with Gasteiger partial charge in [-0.2, -0.15) is 0 Å². The highest BCUT2D eigenvalue weighted by atomic mass is 16.3. The molecule has 14 heavy (non-hydrogen) atoms. The maximum absolute atomic E-state index is 5.64. The van der Waals surface area contributed by atoms with Crippen LogP contribution in [0.3, 0.4) is 0 Å². The minimum absolute atomic E-state index is 0.515. The summed E-state index contributed by atoms with van der Waals surface area (Å²) in [5, 5.41) is 0. The van der Waals surface area contributed by atoms with E-state index in [0.717, 1.165) is 16.9 Å².